The summed E-state index contributed by atoms with van der Waals surface area (Å²) in [4.78, 5) is 2.30. The van der Waals surface area contributed by atoms with Crippen LogP contribution in [0.15, 0.2) is 12.1 Å². The lowest BCUT2D eigenvalue weighted by molar-refractivity contribution is 0.367. The lowest BCUT2D eigenvalue weighted by atomic mass is 9.92. The second-order valence-electron chi connectivity index (χ2n) is 5.45. The van der Waals surface area contributed by atoms with Gasteiger partial charge in [0.25, 0.3) is 0 Å². The molecule has 1 fully saturated rings. The lowest BCUT2D eigenvalue weighted by Gasteiger charge is -2.39. The maximum Gasteiger partial charge on any atom is 0.143 e. The molecule has 1 aromatic rings. The monoisotopic (exact) mass is 268 g/mol. The number of ether oxygens (including phenoxy) is 1. The summed E-state index contributed by atoms with van der Waals surface area (Å²) in [6.07, 6.45) is 2.18. The zero-order valence-electron chi connectivity index (χ0n) is 11.3. The molecule has 1 unspecified atom stereocenters. The molecule has 4 heteroatoms. The first-order valence-corrected chi connectivity index (χ1v) is 6.69. The van der Waals surface area contributed by atoms with Gasteiger partial charge in [-0.3, -0.25) is 0 Å². The number of rotatable bonds is 2. The minimum Gasteiger partial charge on any atom is -0.495 e. The summed E-state index contributed by atoms with van der Waals surface area (Å²) in [5, 5.41) is 0.739. The quantitative estimate of drug-likeness (QED) is 0.896. The van der Waals surface area contributed by atoms with Crippen LogP contribution in [-0.2, 0) is 0 Å². The first kappa shape index (κ1) is 13.5. The summed E-state index contributed by atoms with van der Waals surface area (Å²) in [5.41, 5.74) is 8.29. The molecule has 0 saturated carbocycles. The molecule has 2 N–H and O–H groups in total. The van der Waals surface area contributed by atoms with Gasteiger partial charge in [0.15, 0.2) is 0 Å². The summed E-state index contributed by atoms with van der Waals surface area (Å²) in [5.74, 6) is 0.823. The molecule has 1 heterocycles. The molecule has 1 atom stereocenters. The van der Waals surface area contributed by atoms with E-state index in [1.54, 1.807) is 7.11 Å². The van der Waals surface area contributed by atoms with E-state index in [2.05, 4.69) is 17.9 Å². The molecule has 1 aromatic carbocycles. The van der Waals surface area contributed by atoms with Crippen molar-refractivity contribution in [2.75, 3.05) is 25.1 Å². The maximum atomic E-state index is 6.26. The molecular formula is C14H21ClN2O. The largest absolute Gasteiger partial charge is 0.495 e. The molecule has 0 radical (unpaired) electrons. The Bertz CT molecular complexity index is 446. The second kappa shape index (κ2) is 4.98. The van der Waals surface area contributed by atoms with Crippen LogP contribution in [-0.4, -0.2) is 25.7 Å². The van der Waals surface area contributed by atoms with Gasteiger partial charge in [-0.2, -0.15) is 0 Å². The molecule has 3 nitrogen and oxygen atoms in total. The van der Waals surface area contributed by atoms with Crippen LogP contribution in [0, 0.1) is 6.92 Å². The minimum absolute atomic E-state index is 0.128. The smallest absolute Gasteiger partial charge is 0.143 e. The zero-order valence-corrected chi connectivity index (χ0v) is 12.0. The topological polar surface area (TPSA) is 38.5 Å². The van der Waals surface area contributed by atoms with E-state index in [1.807, 2.05) is 13.0 Å². The van der Waals surface area contributed by atoms with Crippen molar-refractivity contribution < 1.29 is 4.74 Å². The number of methoxy groups -OCH3 is 1. The average Bonchev–Trinajstić information content (AvgIpc) is 2.30. The third kappa shape index (κ3) is 2.73. The number of nitrogens with two attached hydrogens (primary N) is 1. The van der Waals surface area contributed by atoms with E-state index in [0.29, 0.717) is 0 Å². The van der Waals surface area contributed by atoms with Gasteiger partial charge in [-0.1, -0.05) is 11.6 Å². The fourth-order valence-electron chi connectivity index (χ4n) is 2.53. The van der Waals surface area contributed by atoms with Gasteiger partial charge in [0.2, 0.25) is 0 Å². The Morgan fingerprint density at radius 3 is 2.78 bits per heavy atom. The van der Waals surface area contributed by atoms with E-state index >= 15 is 0 Å². The van der Waals surface area contributed by atoms with Gasteiger partial charge in [0.1, 0.15) is 5.75 Å². The van der Waals surface area contributed by atoms with Gasteiger partial charge in [-0.15, -0.1) is 0 Å². The SMILES string of the molecule is COc1cc(Cl)c(C)cc1N1CCCC(C)(N)C1. The van der Waals surface area contributed by atoms with Crippen LogP contribution in [0.1, 0.15) is 25.3 Å². The first-order chi connectivity index (χ1) is 8.43. The van der Waals surface area contributed by atoms with E-state index < -0.39 is 0 Å². The highest BCUT2D eigenvalue weighted by Gasteiger charge is 2.28. The Morgan fingerprint density at radius 1 is 1.44 bits per heavy atom. The van der Waals surface area contributed by atoms with Crippen molar-refractivity contribution in [2.45, 2.75) is 32.2 Å². The highest BCUT2D eigenvalue weighted by molar-refractivity contribution is 6.31. The van der Waals surface area contributed by atoms with E-state index in [9.17, 15) is 0 Å². The van der Waals surface area contributed by atoms with Crippen molar-refractivity contribution >= 4 is 17.3 Å². The van der Waals surface area contributed by atoms with Crippen LogP contribution in [0.3, 0.4) is 0 Å². The van der Waals surface area contributed by atoms with Crippen molar-refractivity contribution in [3.8, 4) is 5.75 Å². The molecular weight excluding hydrogens is 248 g/mol. The maximum absolute atomic E-state index is 6.26. The zero-order chi connectivity index (χ0) is 13.3. The van der Waals surface area contributed by atoms with Crippen LogP contribution in [0.4, 0.5) is 5.69 Å². The average molecular weight is 269 g/mol. The standard InChI is InChI=1S/C14H21ClN2O/c1-10-7-12(13(18-3)8-11(10)15)17-6-4-5-14(2,16)9-17/h7-8H,4-6,9,16H2,1-3H3. The predicted molar refractivity (Wildman–Crippen MR) is 76.8 cm³/mol. The highest BCUT2D eigenvalue weighted by atomic mass is 35.5. The molecule has 0 amide bonds. The van der Waals surface area contributed by atoms with Crippen LogP contribution in [0.25, 0.3) is 0 Å². The molecule has 2 rings (SSSR count). The van der Waals surface area contributed by atoms with Crippen molar-refractivity contribution in [2.24, 2.45) is 5.73 Å². The van der Waals surface area contributed by atoms with Crippen LogP contribution in [0.2, 0.25) is 5.02 Å². The number of piperidine rings is 1. The molecule has 100 valence electrons. The number of halogens is 1. The number of aryl methyl sites for hydroxylation is 1. The van der Waals surface area contributed by atoms with Crippen LogP contribution < -0.4 is 15.4 Å². The predicted octanol–water partition coefficient (Wildman–Crippen LogP) is 2.97. The van der Waals surface area contributed by atoms with Gasteiger partial charge in [0.05, 0.1) is 12.8 Å². The second-order valence-corrected chi connectivity index (χ2v) is 5.86. The van der Waals surface area contributed by atoms with Crippen LogP contribution >= 0.6 is 11.6 Å². The number of hydrogen-bond donors (Lipinski definition) is 1. The third-order valence-corrected chi connectivity index (χ3v) is 3.94. The number of hydrogen-bond acceptors (Lipinski definition) is 3. The Balaban J connectivity index is 2.35. The third-order valence-electron chi connectivity index (χ3n) is 3.53. The van der Waals surface area contributed by atoms with E-state index in [0.717, 1.165) is 48.0 Å². The van der Waals surface area contributed by atoms with Gasteiger partial charge in [0, 0.05) is 29.7 Å². The van der Waals surface area contributed by atoms with Gasteiger partial charge < -0.3 is 15.4 Å². The van der Waals surface area contributed by atoms with E-state index in [1.165, 1.54) is 0 Å². The van der Waals surface area contributed by atoms with E-state index in [4.69, 9.17) is 22.1 Å². The fourth-order valence-corrected chi connectivity index (χ4v) is 2.69. The molecule has 1 saturated heterocycles. The number of nitrogens with zero attached hydrogens (tertiary/aromatic N) is 1. The Morgan fingerprint density at radius 2 is 2.17 bits per heavy atom. The molecule has 0 bridgehead atoms. The van der Waals surface area contributed by atoms with Crippen molar-refractivity contribution in [3.63, 3.8) is 0 Å². The summed E-state index contributed by atoms with van der Waals surface area (Å²) in [6, 6.07) is 3.97. The van der Waals surface area contributed by atoms with Gasteiger partial charge >= 0.3 is 0 Å². The van der Waals surface area contributed by atoms with Crippen molar-refractivity contribution in [3.05, 3.63) is 22.7 Å². The molecule has 0 aliphatic carbocycles. The van der Waals surface area contributed by atoms with Crippen molar-refractivity contribution in [1.29, 1.82) is 0 Å². The normalized spacial score (nSPS) is 24.2. The Labute approximate surface area is 114 Å². The molecule has 1 aliphatic heterocycles. The first-order valence-electron chi connectivity index (χ1n) is 6.31. The molecule has 0 aromatic heterocycles. The number of anilines is 1. The summed E-state index contributed by atoms with van der Waals surface area (Å²) in [7, 11) is 1.68. The molecule has 18 heavy (non-hydrogen) atoms. The Kier molecular flexibility index (Phi) is 3.74. The minimum atomic E-state index is -0.128. The number of benzene rings is 1. The van der Waals surface area contributed by atoms with Crippen LogP contribution in [0.5, 0.6) is 5.75 Å². The van der Waals surface area contributed by atoms with Crippen molar-refractivity contribution in [1.82, 2.24) is 0 Å². The summed E-state index contributed by atoms with van der Waals surface area (Å²) < 4.78 is 5.44. The van der Waals surface area contributed by atoms with Gasteiger partial charge in [-0.05, 0) is 38.3 Å². The summed E-state index contributed by atoms with van der Waals surface area (Å²) in [6.45, 7) is 5.99. The van der Waals surface area contributed by atoms with Gasteiger partial charge in [-0.25, -0.2) is 0 Å². The molecule has 1 aliphatic rings. The lowest BCUT2D eigenvalue weighted by Crippen LogP contribution is -2.52. The fraction of sp³-hybridized carbons (Fsp3) is 0.571. The highest BCUT2D eigenvalue weighted by Crippen LogP contribution is 2.36. The van der Waals surface area contributed by atoms with E-state index in [-0.39, 0.29) is 5.54 Å². The Hall–Kier alpha value is -0.930. The molecule has 0 spiro atoms. The summed E-state index contributed by atoms with van der Waals surface area (Å²) >= 11 is 6.14.